The normalized spacial score (nSPS) is 10.1. The van der Waals surface area contributed by atoms with Gasteiger partial charge in [-0.1, -0.05) is 47.9 Å². The van der Waals surface area contributed by atoms with Crippen molar-refractivity contribution in [3.05, 3.63) is 52.3 Å². The first-order valence-corrected chi connectivity index (χ1v) is 6.49. The van der Waals surface area contributed by atoms with E-state index in [1.807, 2.05) is 30.3 Å². The van der Waals surface area contributed by atoms with Crippen molar-refractivity contribution in [2.45, 2.75) is 13.5 Å². The minimum absolute atomic E-state index is 0.165. The third kappa shape index (κ3) is 3.01. The van der Waals surface area contributed by atoms with Crippen LogP contribution in [-0.2, 0) is 6.54 Å². The summed E-state index contributed by atoms with van der Waals surface area (Å²) < 4.78 is 1.61. The molecule has 20 heavy (non-hydrogen) atoms. The summed E-state index contributed by atoms with van der Waals surface area (Å²) in [7, 11) is 0. The summed E-state index contributed by atoms with van der Waals surface area (Å²) in [6.07, 6.45) is 5.12. The van der Waals surface area contributed by atoms with Crippen molar-refractivity contribution in [3.63, 3.8) is 0 Å². The van der Waals surface area contributed by atoms with E-state index in [9.17, 15) is 4.79 Å². The number of rotatable bonds is 4. The van der Waals surface area contributed by atoms with Crippen molar-refractivity contribution < 1.29 is 4.79 Å². The fourth-order valence-electron chi connectivity index (χ4n) is 1.89. The molecule has 0 radical (unpaired) electrons. The van der Waals surface area contributed by atoms with Gasteiger partial charge in [-0.15, -0.1) is 6.42 Å². The molecule has 1 amide bonds. The van der Waals surface area contributed by atoms with E-state index in [-0.39, 0.29) is 12.5 Å². The molecule has 1 heterocycles. The molecule has 0 saturated carbocycles. The van der Waals surface area contributed by atoms with Crippen LogP contribution in [0.5, 0.6) is 0 Å². The molecule has 0 aliphatic heterocycles. The van der Waals surface area contributed by atoms with Crippen LogP contribution in [0.1, 0.15) is 21.6 Å². The van der Waals surface area contributed by atoms with Gasteiger partial charge in [-0.05, 0) is 12.5 Å². The largest absolute Gasteiger partial charge is 0.341 e. The molecule has 1 aromatic carbocycles. The number of hydrogen-bond donors (Lipinski definition) is 1. The standard InChI is InChI=1S/C15H14ClN3O/c1-3-9-17-15(20)13-11(2)18-19(14(13)16)10-12-7-5-4-6-8-12/h1,4-8H,9-10H2,2H3,(H,17,20). The molecular weight excluding hydrogens is 274 g/mol. The van der Waals surface area contributed by atoms with E-state index in [2.05, 4.69) is 16.3 Å². The molecule has 0 spiro atoms. The maximum atomic E-state index is 12.0. The number of carbonyl (C=O) groups excluding carboxylic acids is 1. The van der Waals surface area contributed by atoms with Crippen LogP contribution in [0, 0.1) is 19.3 Å². The first-order valence-electron chi connectivity index (χ1n) is 6.12. The van der Waals surface area contributed by atoms with Crippen LogP contribution in [0.15, 0.2) is 30.3 Å². The topological polar surface area (TPSA) is 46.9 Å². The van der Waals surface area contributed by atoms with E-state index >= 15 is 0 Å². The van der Waals surface area contributed by atoms with Crippen molar-refractivity contribution >= 4 is 17.5 Å². The van der Waals surface area contributed by atoms with Crippen LogP contribution < -0.4 is 5.32 Å². The van der Waals surface area contributed by atoms with Gasteiger partial charge in [0.25, 0.3) is 5.91 Å². The Hall–Kier alpha value is -2.25. The summed E-state index contributed by atoms with van der Waals surface area (Å²) in [6.45, 7) is 2.43. The molecule has 0 fully saturated rings. The molecule has 0 atom stereocenters. The van der Waals surface area contributed by atoms with Gasteiger partial charge in [0, 0.05) is 0 Å². The van der Waals surface area contributed by atoms with Gasteiger partial charge in [-0.3, -0.25) is 4.79 Å². The summed E-state index contributed by atoms with van der Waals surface area (Å²) in [5, 5.41) is 7.22. The zero-order chi connectivity index (χ0) is 14.5. The molecule has 0 bridgehead atoms. The van der Waals surface area contributed by atoms with E-state index in [0.717, 1.165) is 5.56 Å². The van der Waals surface area contributed by atoms with E-state index in [1.165, 1.54) is 0 Å². The molecule has 5 heteroatoms. The molecule has 1 N–H and O–H groups in total. The van der Waals surface area contributed by atoms with Gasteiger partial charge in [-0.2, -0.15) is 5.10 Å². The van der Waals surface area contributed by atoms with Gasteiger partial charge >= 0.3 is 0 Å². The third-order valence-electron chi connectivity index (χ3n) is 2.82. The average molecular weight is 288 g/mol. The van der Waals surface area contributed by atoms with Crippen LogP contribution >= 0.6 is 11.6 Å². The second-order valence-electron chi connectivity index (χ2n) is 4.28. The van der Waals surface area contributed by atoms with Crippen LogP contribution in [0.3, 0.4) is 0 Å². The lowest BCUT2D eigenvalue weighted by Crippen LogP contribution is -2.24. The lowest BCUT2D eigenvalue weighted by Gasteiger charge is -2.04. The highest BCUT2D eigenvalue weighted by atomic mass is 35.5. The predicted octanol–water partition coefficient (Wildman–Crippen LogP) is 2.26. The monoisotopic (exact) mass is 287 g/mol. The molecule has 1 aromatic heterocycles. The predicted molar refractivity (Wildman–Crippen MR) is 78.7 cm³/mol. The summed E-state index contributed by atoms with van der Waals surface area (Å²) in [4.78, 5) is 12.0. The quantitative estimate of drug-likeness (QED) is 0.877. The molecule has 2 aromatic rings. The van der Waals surface area contributed by atoms with Gasteiger partial charge in [-0.25, -0.2) is 4.68 Å². The second kappa shape index (κ2) is 6.27. The highest BCUT2D eigenvalue weighted by molar-refractivity contribution is 6.33. The Kier molecular flexibility index (Phi) is 4.44. The van der Waals surface area contributed by atoms with Gasteiger partial charge in [0.1, 0.15) is 5.15 Å². The number of halogens is 1. The van der Waals surface area contributed by atoms with Crippen LogP contribution in [-0.4, -0.2) is 22.2 Å². The Labute approximate surface area is 122 Å². The lowest BCUT2D eigenvalue weighted by molar-refractivity contribution is 0.0958. The van der Waals surface area contributed by atoms with Crippen molar-refractivity contribution in [2.24, 2.45) is 0 Å². The minimum atomic E-state index is -0.301. The molecular formula is C15H14ClN3O. The average Bonchev–Trinajstić information content (AvgIpc) is 2.72. The van der Waals surface area contributed by atoms with Crippen molar-refractivity contribution in [1.29, 1.82) is 0 Å². The fourth-order valence-corrected chi connectivity index (χ4v) is 2.21. The summed E-state index contributed by atoms with van der Waals surface area (Å²) in [6, 6.07) is 9.79. The van der Waals surface area contributed by atoms with E-state index in [4.69, 9.17) is 18.0 Å². The number of aromatic nitrogens is 2. The van der Waals surface area contributed by atoms with Gasteiger partial charge in [0.2, 0.25) is 0 Å². The van der Waals surface area contributed by atoms with Gasteiger partial charge in [0.05, 0.1) is 24.3 Å². The Bertz CT molecular complexity index is 656. The Morgan fingerprint density at radius 3 is 2.80 bits per heavy atom. The lowest BCUT2D eigenvalue weighted by atomic mass is 10.2. The first kappa shape index (κ1) is 14.2. The van der Waals surface area contributed by atoms with Gasteiger partial charge in [0.15, 0.2) is 0 Å². The number of amides is 1. The summed E-state index contributed by atoms with van der Waals surface area (Å²) in [5.41, 5.74) is 2.02. The van der Waals surface area contributed by atoms with Crippen LogP contribution in [0.2, 0.25) is 5.15 Å². The van der Waals surface area contributed by atoms with Crippen molar-refractivity contribution in [2.75, 3.05) is 6.54 Å². The number of nitrogens with one attached hydrogen (secondary N) is 1. The molecule has 0 aliphatic rings. The van der Waals surface area contributed by atoms with E-state index in [0.29, 0.717) is 23.0 Å². The van der Waals surface area contributed by atoms with Crippen LogP contribution in [0.4, 0.5) is 0 Å². The maximum Gasteiger partial charge on any atom is 0.257 e. The number of nitrogens with zero attached hydrogens (tertiary/aromatic N) is 2. The van der Waals surface area contributed by atoms with E-state index in [1.54, 1.807) is 11.6 Å². The fraction of sp³-hybridized carbons (Fsp3) is 0.200. The van der Waals surface area contributed by atoms with Crippen molar-refractivity contribution in [3.8, 4) is 12.3 Å². The Balaban J connectivity index is 2.25. The summed E-state index contributed by atoms with van der Waals surface area (Å²) in [5.74, 6) is 2.05. The molecule has 0 unspecified atom stereocenters. The Morgan fingerprint density at radius 1 is 1.45 bits per heavy atom. The van der Waals surface area contributed by atoms with Gasteiger partial charge < -0.3 is 5.32 Å². The van der Waals surface area contributed by atoms with E-state index < -0.39 is 0 Å². The zero-order valence-corrected chi connectivity index (χ0v) is 11.8. The highest BCUT2D eigenvalue weighted by Crippen LogP contribution is 2.20. The zero-order valence-electron chi connectivity index (χ0n) is 11.1. The molecule has 4 nitrogen and oxygen atoms in total. The third-order valence-corrected chi connectivity index (χ3v) is 3.20. The molecule has 2 rings (SSSR count). The maximum absolute atomic E-state index is 12.0. The molecule has 0 aliphatic carbocycles. The minimum Gasteiger partial charge on any atom is -0.341 e. The summed E-state index contributed by atoms with van der Waals surface area (Å²) >= 11 is 6.24. The Morgan fingerprint density at radius 2 is 2.15 bits per heavy atom. The molecule has 102 valence electrons. The first-order chi connectivity index (χ1) is 9.63. The smallest absolute Gasteiger partial charge is 0.257 e. The molecule has 0 saturated heterocycles. The number of terminal acetylenes is 1. The highest BCUT2D eigenvalue weighted by Gasteiger charge is 2.19. The van der Waals surface area contributed by atoms with Crippen molar-refractivity contribution in [1.82, 2.24) is 15.1 Å². The van der Waals surface area contributed by atoms with Crippen LogP contribution in [0.25, 0.3) is 0 Å². The number of aryl methyl sites for hydroxylation is 1. The number of carbonyl (C=O) groups is 1. The second-order valence-corrected chi connectivity index (χ2v) is 4.64. The number of benzene rings is 1. The SMILES string of the molecule is C#CCNC(=O)c1c(C)nn(Cc2ccccc2)c1Cl. The number of hydrogen-bond acceptors (Lipinski definition) is 2.